The van der Waals surface area contributed by atoms with Crippen molar-refractivity contribution >= 4 is 27.2 Å². The summed E-state index contributed by atoms with van der Waals surface area (Å²) in [7, 11) is 1.57. The SMILES string of the molecule is COc1ccc([N+](=O)[O-])c2cc3ccccc3cc12. The minimum Gasteiger partial charge on any atom is -0.496 e. The van der Waals surface area contributed by atoms with Gasteiger partial charge in [-0.1, -0.05) is 24.3 Å². The molecule has 3 aromatic carbocycles. The number of rotatable bonds is 2. The molecule has 0 amide bonds. The van der Waals surface area contributed by atoms with E-state index in [2.05, 4.69) is 0 Å². The second-order valence-corrected chi connectivity index (χ2v) is 4.29. The van der Waals surface area contributed by atoms with Crippen LogP contribution < -0.4 is 4.74 Å². The van der Waals surface area contributed by atoms with Crippen LogP contribution in [0.1, 0.15) is 0 Å². The van der Waals surface area contributed by atoms with E-state index in [-0.39, 0.29) is 10.6 Å². The van der Waals surface area contributed by atoms with Gasteiger partial charge in [0.1, 0.15) is 5.75 Å². The summed E-state index contributed by atoms with van der Waals surface area (Å²) in [6.07, 6.45) is 0. The van der Waals surface area contributed by atoms with Crippen molar-refractivity contribution in [3.63, 3.8) is 0 Å². The monoisotopic (exact) mass is 253 g/mol. The summed E-state index contributed by atoms with van der Waals surface area (Å²) in [4.78, 5) is 10.8. The van der Waals surface area contributed by atoms with Gasteiger partial charge < -0.3 is 4.74 Å². The van der Waals surface area contributed by atoms with Crippen LogP contribution in [0, 0.1) is 10.1 Å². The first kappa shape index (κ1) is 11.5. The molecular weight excluding hydrogens is 242 g/mol. The van der Waals surface area contributed by atoms with E-state index < -0.39 is 0 Å². The zero-order valence-corrected chi connectivity index (χ0v) is 10.3. The molecule has 0 saturated heterocycles. The molecule has 0 unspecified atom stereocenters. The lowest BCUT2D eigenvalue weighted by molar-refractivity contribution is -0.383. The fourth-order valence-corrected chi connectivity index (χ4v) is 2.33. The molecule has 19 heavy (non-hydrogen) atoms. The zero-order valence-electron chi connectivity index (χ0n) is 10.3. The Hall–Kier alpha value is -2.62. The van der Waals surface area contributed by atoms with Crippen LogP contribution in [0.3, 0.4) is 0 Å². The molecule has 4 nitrogen and oxygen atoms in total. The maximum absolute atomic E-state index is 11.1. The normalized spacial score (nSPS) is 10.8. The van der Waals surface area contributed by atoms with Gasteiger partial charge in [-0.05, 0) is 29.0 Å². The van der Waals surface area contributed by atoms with Crippen LogP contribution in [0.4, 0.5) is 5.69 Å². The third-order valence-corrected chi connectivity index (χ3v) is 3.24. The van der Waals surface area contributed by atoms with Crippen LogP contribution in [0.2, 0.25) is 0 Å². The van der Waals surface area contributed by atoms with E-state index >= 15 is 0 Å². The van der Waals surface area contributed by atoms with Gasteiger partial charge >= 0.3 is 0 Å². The lowest BCUT2D eigenvalue weighted by Gasteiger charge is -2.07. The Balaban J connectivity index is 2.49. The van der Waals surface area contributed by atoms with E-state index in [0.717, 1.165) is 16.2 Å². The van der Waals surface area contributed by atoms with Crippen molar-refractivity contribution < 1.29 is 9.66 Å². The largest absolute Gasteiger partial charge is 0.496 e. The number of hydrogen-bond donors (Lipinski definition) is 0. The van der Waals surface area contributed by atoms with E-state index in [9.17, 15) is 10.1 Å². The number of non-ortho nitro benzene ring substituents is 1. The Labute approximate surface area is 109 Å². The molecule has 3 rings (SSSR count). The molecule has 94 valence electrons. The van der Waals surface area contributed by atoms with Gasteiger partial charge in [-0.15, -0.1) is 0 Å². The highest BCUT2D eigenvalue weighted by Gasteiger charge is 2.15. The fraction of sp³-hybridized carbons (Fsp3) is 0.0667. The Bertz CT molecular complexity index is 796. The first-order valence-corrected chi connectivity index (χ1v) is 5.84. The summed E-state index contributed by atoms with van der Waals surface area (Å²) >= 11 is 0. The van der Waals surface area contributed by atoms with Crippen molar-refractivity contribution in [3.8, 4) is 5.75 Å². The van der Waals surface area contributed by atoms with Gasteiger partial charge in [0, 0.05) is 11.5 Å². The van der Waals surface area contributed by atoms with Crippen LogP contribution in [-0.2, 0) is 0 Å². The highest BCUT2D eigenvalue weighted by molar-refractivity contribution is 6.04. The van der Waals surface area contributed by atoms with Crippen LogP contribution in [0.15, 0.2) is 48.5 Å². The molecule has 3 aromatic rings. The predicted molar refractivity (Wildman–Crippen MR) is 74.7 cm³/mol. The lowest BCUT2D eigenvalue weighted by Crippen LogP contribution is -1.92. The van der Waals surface area contributed by atoms with Gasteiger partial charge in [-0.3, -0.25) is 10.1 Å². The number of nitro groups is 1. The summed E-state index contributed by atoms with van der Waals surface area (Å²) < 4.78 is 5.29. The summed E-state index contributed by atoms with van der Waals surface area (Å²) in [6.45, 7) is 0. The van der Waals surface area contributed by atoms with Gasteiger partial charge in [0.25, 0.3) is 5.69 Å². The van der Waals surface area contributed by atoms with Crippen LogP contribution in [-0.4, -0.2) is 12.0 Å². The van der Waals surface area contributed by atoms with E-state index in [0.29, 0.717) is 11.1 Å². The maximum Gasteiger partial charge on any atom is 0.277 e. The summed E-state index contributed by atoms with van der Waals surface area (Å²) in [5, 5.41) is 14.5. The van der Waals surface area contributed by atoms with E-state index in [1.807, 2.05) is 36.4 Å². The first-order chi connectivity index (χ1) is 9.20. The highest BCUT2D eigenvalue weighted by Crippen LogP contribution is 2.35. The van der Waals surface area contributed by atoms with Crippen molar-refractivity contribution in [2.24, 2.45) is 0 Å². The molecule has 0 spiro atoms. The third-order valence-electron chi connectivity index (χ3n) is 3.24. The highest BCUT2D eigenvalue weighted by atomic mass is 16.6. The number of methoxy groups -OCH3 is 1. The van der Waals surface area contributed by atoms with Crippen molar-refractivity contribution in [2.45, 2.75) is 0 Å². The Morgan fingerprint density at radius 2 is 1.63 bits per heavy atom. The number of nitro benzene ring substituents is 1. The van der Waals surface area contributed by atoms with Gasteiger partial charge in [0.2, 0.25) is 0 Å². The van der Waals surface area contributed by atoms with Crippen molar-refractivity contribution in [1.29, 1.82) is 0 Å². The molecule has 0 atom stereocenters. The molecule has 4 heteroatoms. The molecule has 0 aliphatic rings. The van der Waals surface area contributed by atoms with E-state index in [1.54, 1.807) is 13.2 Å². The molecule has 0 fully saturated rings. The Morgan fingerprint density at radius 1 is 1.00 bits per heavy atom. The number of fused-ring (bicyclic) bond motifs is 2. The minimum absolute atomic E-state index is 0.0987. The quantitative estimate of drug-likeness (QED) is 0.395. The molecule has 0 aromatic heterocycles. The van der Waals surface area contributed by atoms with Crippen LogP contribution in [0.5, 0.6) is 5.75 Å². The minimum atomic E-state index is -0.365. The molecule has 0 heterocycles. The lowest BCUT2D eigenvalue weighted by atomic mass is 10.0. The molecule has 0 aliphatic heterocycles. The predicted octanol–water partition coefficient (Wildman–Crippen LogP) is 3.91. The third kappa shape index (κ3) is 1.78. The van der Waals surface area contributed by atoms with Crippen LogP contribution >= 0.6 is 0 Å². The molecule has 0 saturated carbocycles. The number of ether oxygens (including phenoxy) is 1. The molecule has 0 radical (unpaired) electrons. The van der Waals surface area contributed by atoms with E-state index in [1.165, 1.54) is 6.07 Å². The second-order valence-electron chi connectivity index (χ2n) is 4.29. The van der Waals surface area contributed by atoms with Crippen molar-refractivity contribution in [2.75, 3.05) is 7.11 Å². The molecule has 0 bridgehead atoms. The Kier molecular flexibility index (Phi) is 2.56. The summed E-state index contributed by atoms with van der Waals surface area (Å²) in [5.74, 6) is 0.645. The van der Waals surface area contributed by atoms with Gasteiger partial charge in [-0.25, -0.2) is 0 Å². The first-order valence-electron chi connectivity index (χ1n) is 5.84. The maximum atomic E-state index is 11.1. The Morgan fingerprint density at radius 3 is 2.21 bits per heavy atom. The van der Waals surface area contributed by atoms with E-state index in [4.69, 9.17) is 4.74 Å². The van der Waals surface area contributed by atoms with Crippen molar-refractivity contribution in [3.05, 3.63) is 58.6 Å². The smallest absolute Gasteiger partial charge is 0.277 e. The average molecular weight is 253 g/mol. The zero-order chi connectivity index (χ0) is 13.4. The van der Waals surface area contributed by atoms with Crippen molar-refractivity contribution in [1.82, 2.24) is 0 Å². The molecular formula is C15H11NO3. The van der Waals surface area contributed by atoms with Crippen LogP contribution in [0.25, 0.3) is 21.5 Å². The number of hydrogen-bond acceptors (Lipinski definition) is 3. The van der Waals surface area contributed by atoms with Gasteiger partial charge in [-0.2, -0.15) is 0 Å². The second kappa shape index (κ2) is 4.24. The number of nitrogens with zero attached hydrogens (tertiary/aromatic N) is 1. The van der Waals surface area contributed by atoms with Gasteiger partial charge in [0.15, 0.2) is 0 Å². The molecule has 0 N–H and O–H groups in total. The molecule has 0 aliphatic carbocycles. The topological polar surface area (TPSA) is 52.4 Å². The number of benzene rings is 3. The standard InChI is InChI=1S/C15H11NO3/c1-19-15-7-6-14(16(17)18)12-8-10-4-2-3-5-11(10)9-13(12)15/h2-9H,1H3. The van der Waals surface area contributed by atoms with Gasteiger partial charge in [0.05, 0.1) is 17.4 Å². The fourth-order valence-electron chi connectivity index (χ4n) is 2.33. The average Bonchev–Trinajstić information content (AvgIpc) is 2.43. The summed E-state index contributed by atoms with van der Waals surface area (Å²) in [6, 6.07) is 14.7. The summed E-state index contributed by atoms with van der Waals surface area (Å²) in [5.41, 5.74) is 0.0987.